The number of hydrogen-bond donors (Lipinski definition) is 1. The quantitative estimate of drug-likeness (QED) is 0.597. The van der Waals surface area contributed by atoms with Crippen molar-refractivity contribution in [2.24, 2.45) is 0 Å². The first kappa shape index (κ1) is 16.4. The number of pyridine rings is 1. The molecule has 0 aromatic carbocycles. The Balaban J connectivity index is 1.70. The second-order valence-electron chi connectivity index (χ2n) is 6.05. The van der Waals surface area contributed by atoms with Gasteiger partial charge in [0, 0.05) is 10.6 Å². The number of thiophene rings is 1. The van der Waals surface area contributed by atoms with Gasteiger partial charge in [0.2, 0.25) is 5.91 Å². The van der Waals surface area contributed by atoms with Crippen LogP contribution in [0.5, 0.6) is 0 Å². The Morgan fingerprint density at radius 1 is 1.27 bits per heavy atom. The summed E-state index contributed by atoms with van der Waals surface area (Å²) in [5, 5.41) is 7.90. The summed E-state index contributed by atoms with van der Waals surface area (Å²) in [6.45, 7) is 5.64. The number of fused-ring (bicyclic) bond motifs is 3. The van der Waals surface area contributed by atoms with Crippen LogP contribution in [0.2, 0.25) is 0 Å². The molecule has 0 fully saturated rings. The number of nitrogens with one attached hydrogen (secondary N) is 1. The molecule has 0 saturated carbocycles. The van der Waals surface area contributed by atoms with Gasteiger partial charge in [-0.3, -0.25) is 4.79 Å². The van der Waals surface area contributed by atoms with Crippen LogP contribution >= 0.6 is 11.3 Å². The Kier molecular flexibility index (Phi) is 3.80. The summed E-state index contributed by atoms with van der Waals surface area (Å²) in [6.07, 6.45) is 1.46. The van der Waals surface area contributed by atoms with Gasteiger partial charge in [-0.2, -0.15) is 0 Å². The third-order valence-corrected chi connectivity index (χ3v) is 5.32. The molecule has 8 nitrogen and oxygen atoms in total. The number of hydrogen-bond acceptors (Lipinski definition) is 6. The number of rotatable bonds is 3. The summed E-state index contributed by atoms with van der Waals surface area (Å²) >= 11 is 1.56. The zero-order valence-corrected chi connectivity index (χ0v) is 15.3. The Hall–Kier alpha value is -3.07. The van der Waals surface area contributed by atoms with Gasteiger partial charge in [-0.15, -0.1) is 16.4 Å². The largest absolute Gasteiger partial charge is 0.352 e. The van der Waals surface area contributed by atoms with Crippen molar-refractivity contribution in [1.29, 1.82) is 0 Å². The number of carbonyl (C=O) groups excluding carboxylic acids is 1. The maximum Gasteiger partial charge on any atom is 0.352 e. The summed E-state index contributed by atoms with van der Waals surface area (Å²) in [4.78, 5) is 35.4. The van der Waals surface area contributed by atoms with Gasteiger partial charge >= 0.3 is 5.69 Å². The van der Waals surface area contributed by atoms with E-state index in [4.69, 9.17) is 0 Å². The minimum Gasteiger partial charge on any atom is -0.309 e. The van der Waals surface area contributed by atoms with E-state index in [9.17, 15) is 9.59 Å². The fourth-order valence-corrected chi connectivity index (χ4v) is 3.79. The van der Waals surface area contributed by atoms with E-state index in [0.29, 0.717) is 11.5 Å². The molecule has 0 aliphatic heterocycles. The van der Waals surface area contributed by atoms with Gasteiger partial charge < -0.3 is 5.32 Å². The van der Waals surface area contributed by atoms with Crippen LogP contribution in [-0.2, 0) is 11.3 Å². The molecular weight excluding hydrogens is 352 g/mol. The van der Waals surface area contributed by atoms with E-state index in [2.05, 4.69) is 20.4 Å². The molecule has 0 saturated heterocycles. The van der Waals surface area contributed by atoms with E-state index in [1.807, 2.05) is 26.8 Å². The molecule has 0 radical (unpaired) electrons. The lowest BCUT2D eigenvalue weighted by Crippen LogP contribution is -2.28. The van der Waals surface area contributed by atoms with Crippen LogP contribution in [0.4, 0.5) is 5.82 Å². The molecule has 4 rings (SSSR count). The van der Waals surface area contributed by atoms with Crippen molar-refractivity contribution in [3.8, 4) is 0 Å². The molecule has 0 atom stereocenters. The molecular formula is C17H16N6O2S. The number of aromatic nitrogens is 5. The monoisotopic (exact) mass is 368 g/mol. The van der Waals surface area contributed by atoms with Crippen molar-refractivity contribution in [3.05, 3.63) is 51.1 Å². The van der Waals surface area contributed by atoms with E-state index < -0.39 is 5.69 Å². The average Bonchev–Trinajstić information content (AvgIpc) is 3.05. The Labute approximate surface area is 152 Å². The van der Waals surface area contributed by atoms with Crippen LogP contribution in [-0.4, -0.2) is 30.1 Å². The predicted molar refractivity (Wildman–Crippen MR) is 99.7 cm³/mol. The van der Waals surface area contributed by atoms with E-state index in [-0.39, 0.29) is 12.5 Å². The van der Waals surface area contributed by atoms with Crippen molar-refractivity contribution < 1.29 is 4.79 Å². The van der Waals surface area contributed by atoms with Crippen LogP contribution < -0.4 is 11.0 Å². The van der Waals surface area contributed by atoms with E-state index in [1.165, 1.54) is 10.7 Å². The zero-order valence-electron chi connectivity index (χ0n) is 14.5. The molecule has 4 aromatic rings. The van der Waals surface area contributed by atoms with Gasteiger partial charge in [-0.1, -0.05) is 6.07 Å². The van der Waals surface area contributed by atoms with Gasteiger partial charge in [-0.25, -0.2) is 23.8 Å². The first-order valence-electron chi connectivity index (χ1n) is 8.01. The standard InChI is InChI=1S/C17H16N6O2S/c1-9-5-4-6-12(19-9)20-13(24)7-23-17(25)22-8-18-16-14(15(22)21-23)10(2)11(3)26-16/h4-6,8H,7H2,1-3H3,(H,19,20,24). The summed E-state index contributed by atoms with van der Waals surface area (Å²) in [6, 6.07) is 5.34. The molecule has 9 heteroatoms. The van der Waals surface area contributed by atoms with Crippen molar-refractivity contribution in [2.75, 3.05) is 5.32 Å². The third-order valence-electron chi connectivity index (χ3n) is 4.20. The lowest BCUT2D eigenvalue weighted by molar-refractivity contribution is -0.117. The van der Waals surface area contributed by atoms with Crippen LogP contribution in [0, 0.1) is 20.8 Å². The second-order valence-corrected chi connectivity index (χ2v) is 7.26. The molecule has 26 heavy (non-hydrogen) atoms. The van der Waals surface area contributed by atoms with Gasteiger partial charge in [-0.05, 0) is 38.5 Å². The number of carbonyl (C=O) groups is 1. The van der Waals surface area contributed by atoms with E-state index >= 15 is 0 Å². The molecule has 0 bridgehead atoms. The summed E-state index contributed by atoms with van der Waals surface area (Å²) in [5.41, 5.74) is 1.96. The van der Waals surface area contributed by atoms with Gasteiger partial charge in [0.05, 0.1) is 5.39 Å². The van der Waals surface area contributed by atoms with Gasteiger partial charge in [0.25, 0.3) is 0 Å². The van der Waals surface area contributed by atoms with E-state index in [0.717, 1.165) is 31.0 Å². The predicted octanol–water partition coefficient (Wildman–Crippen LogP) is 2.06. The van der Waals surface area contributed by atoms with Crippen molar-refractivity contribution in [1.82, 2.24) is 24.1 Å². The fourth-order valence-electron chi connectivity index (χ4n) is 2.80. The van der Waals surface area contributed by atoms with Gasteiger partial charge in [0.15, 0.2) is 5.65 Å². The second kappa shape index (κ2) is 6.03. The SMILES string of the molecule is Cc1cccc(NC(=O)Cn2nc3c4c(C)c(C)sc4ncn3c2=O)n1. The maximum absolute atomic E-state index is 12.6. The van der Waals surface area contributed by atoms with Gasteiger partial charge in [0.1, 0.15) is 23.5 Å². The number of aryl methyl sites for hydroxylation is 3. The first-order valence-corrected chi connectivity index (χ1v) is 8.83. The molecule has 0 unspecified atom stereocenters. The summed E-state index contributed by atoms with van der Waals surface area (Å²) < 4.78 is 2.52. The van der Waals surface area contributed by atoms with Crippen molar-refractivity contribution >= 4 is 38.9 Å². The van der Waals surface area contributed by atoms with Crippen molar-refractivity contribution in [3.63, 3.8) is 0 Å². The summed E-state index contributed by atoms with van der Waals surface area (Å²) in [5.74, 6) is 0.0798. The molecule has 4 aromatic heterocycles. The molecule has 1 amide bonds. The smallest absolute Gasteiger partial charge is 0.309 e. The Morgan fingerprint density at radius 3 is 2.85 bits per heavy atom. The minimum atomic E-state index is -0.398. The zero-order chi connectivity index (χ0) is 18.4. The van der Waals surface area contributed by atoms with Crippen molar-refractivity contribution in [2.45, 2.75) is 27.3 Å². The highest BCUT2D eigenvalue weighted by Crippen LogP contribution is 2.30. The lowest BCUT2D eigenvalue weighted by atomic mass is 10.2. The van der Waals surface area contributed by atoms with Crippen LogP contribution in [0.3, 0.4) is 0 Å². The minimum absolute atomic E-state index is 0.195. The maximum atomic E-state index is 12.6. The number of nitrogens with zero attached hydrogens (tertiary/aromatic N) is 5. The van der Waals surface area contributed by atoms with E-state index in [1.54, 1.807) is 23.5 Å². The Morgan fingerprint density at radius 2 is 2.08 bits per heavy atom. The number of amides is 1. The molecule has 132 valence electrons. The van der Waals surface area contributed by atoms with Crippen LogP contribution in [0.1, 0.15) is 16.1 Å². The Bertz CT molecular complexity index is 1220. The molecule has 1 N–H and O–H groups in total. The number of anilines is 1. The first-order chi connectivity index (χ1) is 12.4. The highest BCUT2D eigenvalue weighted by molar-refractivity contribution is 7.18. The molecule has 0 aliphatic carbocycles. The normalized spacial score (nSPS) is 11.3. The third kappa shape index (κ3) is 2.66. The average molecular weight is 368 g/mol. The molecule has 4 heterocycles. The van der Waals surface area contributed by atoms with Crippen LogP contribution in [0.15, 0.2) is 29.3 Å². The van der Waals surface area contributed by atoms with Crippen LogP contribution in [0.25, 0.3) is 15.9 Å². The fraction of sp³-hybridized carbons (Fsp3) is 0.235. The highest BCUT2D eigenvalue weighted by atomic mass is 32.1. The molecule has 0 spiro atoms. The molecule has 0 aliphatic rings. The summed E-state index contributed by atoms with van der Waals surface area (Å²) in [7, 11) is 0. The lowest BCUT2D eigenvalue weighted by Gasteiger charge is -2.04. The topological polar surface area (TPSA) is 94.2 Å². The highest BCUT2D eigenvalue weighted by Gasteiger charge is 2.17.